The van der Waals surface area contributed by atoms with E-state index < -0.39 is 47.5 Å². The Kier molecular flexibility index (Phi) is 4.67. The summed E-state index contributed by atoms with van der Waals surface area (Å²) in [5.74, 6) is -2.37. The third-order valence-corrected chi connectivity index (χ3v) is 2.26. The van der Waals surface area contributed by atoms with Crippen LogP contribution in [0.1, 0.15) is 23.2 Å². The molecule has 1 rings (SSSR count). The molecule has 0 aliphatic rings. The van der Waals surface area contributed by atoms with Crippen LogP contribution in [0.4, 0.5) is 35.1 Å². The summed E-state index contributed by atoms with van der Waals surface area (Å²) in [7, 11) is 0. The molecule has 114 valence electrons. The lowest BCUT2D eigenvalue weighted by Gasteiger charge is -2.17. The van der Waals surface area contributed by atoms with Crippen LogP contribution >= 0.6 is 11.6 Å². The topological polar surface area (TPSA) is 22.1 Å². The van der Waals surface area contributed by atoms with Gasteiger partial charge in [0.1, 0.15) is 0 Å². The summed E-state index contributed by atoms with van der Waals surface area (Å²) in [4.78, 5) is 2.45. The van der Waals surface area contributed by atoms with E-state index in [-0.39, 0.29) is 6.07 Å². The number of alkyl halides is 9. The first-order chi connectivity index (χ1) is 8.95. The second kappa shape index (κ2) is 5.58. The second-order valence-electron chi connectivity index (χ2n) is 3.36. The van der Waals surface area contributed by atoms with Crippen LogP contribution in [0.5, 0.6) is 5.88 Å². The van der Waals surface area contributed by atoms with Crippen LogP contribution in [-0.2, 0) is 12.1 Å². The van der Waals surface area contributed by atoms with Gasteiger partial charge in [0.25, 0.3) is 6.43 Å². The molecule has 0 N–H and O–H groups in total. The van der Waals surface area contributed by atoms with Gasteiger partial charge in [0, 0.05) is 11.9 Å². The lowest BCUT2D eigenvalue weighted by Crippen LogP contribution is -2.21. The van der Waals surface area contributed by atoms with Crippen molar-refractivity contribution in [2.75, 3.05) is 0 Å². The molecular formula is C9H4ClF8NO. The number of hydrogen-bond donors (Lipinski definition) is 0. The molecule has 0 saturated carbocycles. The van der Waals surface area contributed by atoms with Crippen LogP contribution in [0.15, 0.2) is 6.07 Å². The van der Waals surface area contributed by atoms with E-state index >= 15 is 0 Å². The molecule has 1 aromatic rings. The Morgan fingerprint density at radius 1 is 1.15 bits per heavy atom. The molecule has 0 radical (unpaired) electrons. The van der Waals surface area contributed by atoms with Crippen LogP contribution in [0, 0.1) is 0 Å². The van der Waals surface area contributed by atoms with Crippen LogP contribution in [-0.4, -0.2) is 11.3 Å². The zero-order chi connectivity index (χ0) is 15.7. The van der Waals surface area contributed by atoms with Gasteiger partial charge >= 0.3 is 12.5 Å². The van der Waals surface area contributed by atoms with E-state index in [2.05, 4.69) is 9.72 Å². The zero-order valence-electron chi connectivity index (χ0n) is 9.12. The average molecular weight is 330 g/mol. The molecule has 0 aliphatic carbocycles. The lowest BCUT2D eigenvalue weighted by molar-refractivity contribution is -0.276. The van der Waals surface area contributed by atoms with Gasteiger partial charge in [-0.25, -0.2) is 13.8 Å². The Morgan fingerprint density at radius 3 is 2.05 bits per heavy atom. The van der Waals surface area contributed by atoms with E-state index in [0.29, 0.717) is 0 Å². The summed E-state index contributed by atoms with van der Waals surface area (Å²) in [5.41, 5.74) is -4.57. The first-order valence-corrected chi connectivity index (χ1v) is 5.20. The fraction of sp³-hybridized carbons (Fsp3) is 0.444. The van der Waals surface area contributed by atoms with E-state index in [4.69, 9.17) is 11.6 Å². The van der Waals surface area contributed by atoms with Crippen LogP contribution in [0.25, 0.3) is 0 Å². The maximum Gasteiger partial charge on any atom is 0.574 e. The summed E-state index contributed by atoms with van der Waals surface area (Å²) >= 11 is 5.18. The highest BCUT2D eigenvalue weighted by molar-refractivity contribution is 6.17. The van der Waals surface area contributed by atoms with Crippen molar-refractivity contribution in [3.05, 3.63) is 22.9 Å². The fourth-order valence-corrected chi connectivity index (χ4v) is 1.54. The maximum atomic E-state index is 12.6. The third-order valence-electron chi connectivity index (χ3n) is 1.97. The highest BCUT2D eigenvalue weighted by atomic mass is 35.5. The van der Waals surface area contributed by atoms with Gasteiger partial charge in [-0.15, -0.1) is 24.8 Å². The average Bonchev–Trinajstić information content (AvgIpc) is 2.23. The van der Waals surface area contributed by atoms with Crippen LogP contribution in [0.3, 0.4) is 0 Å². The zero-order valence-corrected chi connectivity index (χ0v) is 9.87. The van der Waals surface area contributed by atoms with Crippen molar-refractivity contribution in [1.82, 2.24) is 4.98 Å². The maximum absolute atomic E-state index is 12.6. The van der Waals surface area contributed by atoms with Crippen molar-refractivity contribution >= 4 is 11.6 Å². The Bertz CT molecular complexity index is 484. The van der Waals surface area contributed by atoms with Crippen molar-refractivity contribution < 1.29 is 39.9 Å². The number of ether oxygens (including phenoxy) is 1. The summed E-state index contributed by atoms with van der Waals surface area (Å²) in [6.07, 6.45) is -14.3. The molecule has 0 spiro atoms. The third kappa shape index (κ3) is 4.09. The van der Waals surface area contributed by atoms with Gasteiger partial charge in [-0.3, -0.25) is 0 Å². The molecule has 0 atom stereocenters. The largest absolute Gasteiger partial charge is 0.574 e. The SMILES string of the molecule is FC(F)c1c(CCl)cc(OC(F)(F)F)nc1C(F)(F)F. The number of nitrogens with zero attached hydrogens (tertiary/aromatic N) is 1. The molecule has 0 bridgehead atoms. The molecular weight excluding hydrogens is 326 g/mol. The normalized spacial score (nSPS) is 12.9. The van der Waals surface area contributed by atoms with Gasteiger partial charge in [-0.1, -0.05) is 0 Å². The molecule has 11 heteroatoms. The fourth-order valence-electron chi connectivity index (χ4n) is 1.32. The van der Waals surface area contributed by atoms with Crippen molar-refractivity contribution in [3.8, 4) is 5.88 Å². The highest BCUT2D eigenvalue weighted by Crippen LogP contribution is 2.39. The summed E-state index contributed by atoms with van der Waals surface area (Å²) < 4.78 is 102. The molecule has 0 amide bonds. The van der Waals surface area contributed by atoms with Crippen LogP contribution < -0.4 is 4.74 Å². The molecule has 0 unspecified atom stereocenters. The minimum Gasteiger partial charge on any atom is -0.388 e. The minimum atomic E-state index is -5.38. The molecule has 20 heavy (non-hydrogen) atoms. The monoisotopic (exact) mass is 329 g/mol. The Balaban J connectivity index is 3.48. The van der Waals surface area contributed by atoms with Crippen molar-refractivity contribution in [3.63, 3.8) is 0 Å². The van der Waals surface area contributed by atoms with E-state index in [0.717, 1.165) is 0 Å². The second-order valence-corrected chi connectivity index (χ2v) is 3.63. The first-order valence-electron chi connectivity index (χ1n) is 4.66. The smallest absolute Gasteiger partial charge is 0.388 e. The summed E-state index contributed by atoms with van der Waals surface area (Å²) in [6, 6.07) is 0.289. The number of halogens is 9. The minimum absolute atomic E-state index is 0.289. The molecule has 0 fully saturated rings. The molecule has 1 heterocycles. The molecule has 1 aromatic heterocycles. The van der Waals surface area contributed by atoms with Gasteiger partial charge in [0.2, 0.25) is 5.88 Å². The van der Waals surface area contributed by atoms with E-state index in [1.165, 1.54) is 0 Å². The Hall–Kier alpha value is -1.32. The summed E-state index contributed by atoms with van der Waals surface area (Å²) in [6.45, 7) is 0. The molecule has 2 nitrogen and oxygen atoms in total. The van der Waals surface area contributed by atoms with Crippen molar-refractivity contribution in [2.24, 2.45) is 0 Å². The predicted molar refractivity (Wildman–Crippen MR) is 50.4 cm³/mol. The molecule has 0 aliphatic heterocycles. The molecule has 0 aromatic carbocycles. The number of aromatic nitrogens is 1. The standard InChI is InChI=1S/C9H4ClF8NO/c10-2-3-1-4(20-9(16,17)18)19-6(8(13,14)15)5(3)7(11)12/h1,7H,2H2. The number of rotatable bonds is 3. The predicted octanol–water partition coefficient (Wildman–Crippen LogP) is 4.68. The number of pyridine rings is 1. The van der Waals surface area contributed by atoms with Gasteiger partial charge in [-0.2, -0.15) is 13.2 Å². The van der Waals surface area contributed by atoms with Gasteiger partial charge in [0.15, 0.2) is 5.69 Å². The van der Waals surface area contributed by atoms with Crippen LogP contribution in [0.2, 0.25) is 0 Å². The van der Waals surface area contributed by atoms with Gasteiger partial charge in [0.05, 0.1) is 5.56 Å². The van der Waals surface area contributed by atoms with Crippen molar-refractivity contribution in [1.29, 1.82) is 0 Å². The van der Waals surface area contributed by atoms with E-state index in [1.807, 2.05) is 0 Å². The quantitative estimate of drug-likeness (QED) is 0.593. The highest BCUT2D eigenvalue weighted by Gasteiger charge is 2.41. The van der Waals surface area contributed by atoms with Gasteiger partial charge in [-0.05, 0) is 5.56 Å². The van der Waals surface area contributed by atoms with Crippen molar-refractivity contribution in [2.45, 2.75) is 24.8 Å². The van der Waals surface area contributed by atoms with E-state index in [9.17, 15) is 35.1 Å². The molecule has 0 saturated heterocycles. The first kappa shape index (κ1) is 16.7. The van der Waals surface area contributed by atoms with Gasteiger partial charge < -0.3 is 4.74 Å². The Labute approximate surface area is 111 Å². The Morgan fingerprint density at radius 2 is 1.70 bits per heavy atom. The number of hydrogen-bond acceptors (Lipinski definition) is 2. The van der Waals surface area contributed by atoms with E-state index in [1.54, 1.807) is 0 Å². The lowest BCUT2D eigenvalue weighted by atomic mass is 10.1. The summed E-state index contributed by atoms with van der Waals surface area (Å²) in [5, 5.41) is 0.